The second-order valence-corrected chi connectivity index (χ2v) is 4.35. The molecule has 84 valence electrons. The molecule has 0 rings (SSSR count). The number of halogens is 1. The Labute approximate surface area is 96.6 Å². The smallest absolute Gasteiger partial charge is 0.304 e. The van der Waals surface area contributed by atoms with Crippen molar-refractivity contribution in [1.82, 2.24) is 0 Å². The SMILES string of the molecule is C#CC(C)(CCC(Cl)C(=C)C)OC(C)=O. The van der Waals surface area contributed by atoms with Crippen LogP contribution in [0.2, 0.25) is 0 Å². The Morgan fingerprint density at radius 2 is 2.20 bits per heavy atom. The molecule has 0 aromatic heterocycles. The van der Waals surface area contributed by atoms with Crippen LogP contribution in [0.3, 0.4) is 0 Å². The summed E-state index contributed by atoms with van der Waals surface area (Å²) < 4.78 is 5.05. The van der Waals surface area contributed by atoms with E-state index in [2.05, 4.69) is 12.5 Å². The van der Waals surface area contributed by atoms with Crippen LogP contribution in [0.1, 0.15) is 33.6 Å². The van der Waals surface area contributed by atoms with Crippen molar-refractivity contribution in [2.24, 2.45) is 0 Å². The Hall–Kier alpha value is -0.940. The maximum atomic E-state index is 10.8. The van der Waals surface area contributed by atoms with Gasteiger partial charge in [0.1, 0.15) is 0 Å². The minimum absolute atomic E-state index is 0.131. The first-order valence-electron chi connectivity index (χ1n) is 4.77. The van der Waals surface area contributed by atoms with Gasteiger partial charge in [0.15, 0.2) is 5.60 Å². The number of allylic oxidation sites excluding steroid dienone is 1. The summed E-state index contributed by atoms with van der Waals surface area (Å²) in [7, 11) is 0. The van der Waals surface area contributed by atoms with Crippen LogP contribution >= 0.6 is 11.6 Å². The molecule has 0 aliphatic heterocycles. The van der Waals surface area contributed by atoms with E-state index in [0.29, 0.717) is 12.8 Å². The first kappa shape index (κ1) is 14.1. The molecule has 0 spiro atoms. The highest BCUT2D eigenvalue weighted by atomic mass is 35.5. The molecule has 0 fully saturated rings. The Kier molecular flexibility index (Phi) is 5.46. The van der Waals surface area contributed by atoms with E-state index in [1.807, 2.05) is 6.92 Å². The van der Waals surface area contributed by atoms with E-state index in [4.69, 9.17) is 22.8 Å². The third-order valence-corrected chi connectivity index (χ3v) is 2.67. The van der Waals surface area contributed by atoms with Gasteiger partial charge in [0.05, 0.1) is 5.38 Å². The van der Waals surface area contributed by atoms with Crippen LogP contribution < -0.4 is 0 Å². The molecule has 0 bridgehead atoms. The van der Waals surface area contributed by atoms with Gasteiger partial charge >= 0.3 is 5.97 Å². The molecule has 0 aliphatic carbocycles. The Bertz CT molecular complexity index is 290. The predicted octanol–water partition coefficient (Wildman–Crippen LogP) is 2.91. The quantitative estimate of drug-likeness (QED) is 0.313. The van der Waals surface area contributed by atoms with Gasteiger partial charge in [0.25, 0.3) is 0 Å². The maximum Gasteiger partial charge on any atom is 0.304 e. The lowest BCUT2D eigenvalue weighted by atomic mass is 9.98. The van der Waals surface area contributed by atoms with E-state index < -0.39 is 5.60 Å². The second-order valence-electron chi connectivity index (χ2n) is 3.82. The van der Waals surface area contributed by atoms with Crippen molar-refractivity contribution < 1.29 is 9.53 Å². The molecular weight excluding hydrogens is 212 g/mol. The lowest BCUT2D eigenvalue weighted by Gasteiger charge is -2.24. The molecule has 2 nitrogen and oxygen atoms in total. The van der Waals surface area contributed by atoms with Crippen LogP contribution in [-0.2, 0) is 9.53 Å². The molecule has 0 saturated heterocycles. The minimum atomic E-state index is -0.867. The summed E-state index contributed by atoms with van der Waals surface area (Å²) in [5, 5.41) is -0.131. The number of carbonyl (C=O) groups excluding carboxylic acids is 1. The largest absolute Gasteiger partial charge is 0.446 e. The van der Waals surface area contributed by atoms with Crippen molar-refractivity contribution >= 4 is 17.6 Å². The number of hydrogen-bond acceptors (Lipinski definition) is 2. The molecule has 2 atom stereocenters. The van der Waals surface area contributed by atoms with Crippen LogP contribution in [0.5, 0.6) is 0 Å². The first-order chi connectivity index (χ1) is 6.80. The predicted molar refractivity (Wildman–Crippen MR) is 62.7 cm³/mol. The van der Waals surface area contributed by atoms with E-state index in [1.165, 1.54) is 6.92 Å². The lowest BCUT2D eigenvalue weighted by molar-refractivity contribution is -0.150. The molecule has 0 aromatic carbocycles. The van der Waals surface area contributed by atoms with Gasteiger partial charge in [0, 0.05) is 13.3 Å². The topological polar surface area (TPSA) is 26.3 Å². The Morgan fingerprint density at radius 1 is 1.67 bits per heavy atom. The van der Waals surface area contributed by atoms with Gasteiger partial charge in [-0.15, -0.1) is 18.0 Å². The molecule has 0 aromatic rings. The summed E-state index contributed by atoms with van der Waals surface area (Å²) in [5.41, 5.74) is 0.0212. The Balaban J connectivity index is 4.28. The molecule has 2 unspecified atom stereocenters. The zero-order valence-corrected chi connectivity index (χ0v) is 10.2. The fourth-order valence-electron chi connectivity index (χ4n) is 1.12. The van der Waals surface area contributed by atoms with Gasteiger partial charge in [-0.2, -0.15) is 0 Å². The zero-order valence-electron chi connectivity index (χ0n) is 9.47. The number of rotatable bonds is 5. The number of terminal acetylenes is 1. The summed E-state index contributed by atoms with van der Waals surface area (Å²) in [6.07, 6.45) is 6.50. The van der Waals surface area contributed by atoms with Crippen molar-refractivity contribution in [3.63, 3.8) is 0 Å². The number of carbonyl (C=O) groups is 1. The molecule has 0 heterocycles. The average molecular weight is 229 g/mol. The fourth-order valence-corrected chi connectivity index (χ4v) is 1.23. The van der Waals surface area contributed by atoms with Crippen LogP contribution in [0, 0.1) is 12.3 Å². The first-order valence-corrected chi connectivity index (χ1v) is 5.21. The molecule has 0 N–H and O–H groups in total. The number of hydrogen-bond donors (Lipinski definition) is 0. The van der Waals surface area contributed by atoms with E-state index in [1.54, 1.807) is 6.92 Å². The molecular formula is C12H17ClO2. The van der Waals surface area contributed by atoms with Crippen molar-refractivity contribution in [1.29, 1.82) is 0 Å². The molecule has 0 amide bonds. The van der Waals surface area contributed by atoms with E-state index in [0.717, 1.165) is 5.57 Å². The highest BCUT2D eigenvalue weighted by molar-refractivity contribution is 6.22. The van der Waals surface area contributed by atoms with Gasteiger partial charge in [-0.1, -0.05) is 18.1 Å². The zero-order chi connectivity index (χ0) is 12.1. The maximum absolute atomic E-state index is 10.8. The summed E-state index contributed by atoms with van der Waals surface area (Å²) in [6.45, 7) is 8.65. The monoisotopic (exact) mass is 228 g/mol. The van der Waals surface area contributed by atoms with E-state index >= 15 is 0 Å². The average Bonchev–Trinajstić information content (AvgIpc) is 2.13. The van der Waals surface area contributed by atoms with Gasteiger partial charge in [-0.25, -0.2) is 0 Å². The van der Waals surface area contributed by atoms with Gasteiger partial charge in [-0.3, -0.25) is 4.79 Å². The summed E-state index contributed by atoms with van der Waals surface area (Å²) in [5.74, 6) is 2.09. The number of esters is 1. The standard InChI is InChI=1S/C12H17ClO2/c1-6-12(5,15-10(4)14)8-7-11(13)9(2)3/h1,11H,2,7-8H2,3-5H3. The van der Waals surface area contributed by atoms with Gasteiger partial charge in [0.2, 0.25) is 0 Å². The number of alkyl halides is 1. The van der Waals surface area contributed by atoms with Crippen molar-refractivity contribution in [3.05, 3.63) is 12.2 Å². The molecule has 0 radical (unpaired) electrons. The van der Waals surface area contributed by atoms with Crippen molar-refractivity contribution in [2.45, 2.75) is 44.6 Å². The fraction of sp³-hybridized carbons (Fsp3) is 0.583. The summed E-state index contributed by atoms with van der Waals surface area (Å²) >= 11 is 6.01. The summed E-state index contributed by atoms with van der Waals surface area (Å²) in [4.78, 5) is 10.8. The van der Waals surface area contributed by atoms with Crippen molar-refractivity contribution in [3.8, 4) is 12.3 Å². The van der Waals surface area contributed by atoms with Gasteiger partial charge in [-0.05, 0) is 20.3 Å². The lowest BCUT2D eigenvalue weighted by Crippen LogP contribution is -2.29. The Morgan fingerprint density at radius 3 is 2.53 bits per heavy atom. The number of ether oxygens (including phenoxy) is 1. The highest BCUT2D eigenvalue weighted by Crippen LogP contribution is 2.22. The van der Waals surface area contributed by atoms with Crippen molar-refractivity contribution in [2.75, 3.05) is 0 Å². The molecule has 0 saturated carbocycles. The van der Waals surface area contributed by atoms with Crippen LogP contribution in [0.25, 0.3) is 0 Å². The minimum Gasteiger partial charge on any atom is -0.446 e. The third kappa shape index (κ3) is 5.49. The van der Waals surface area contributed by atoms with E-state index in [-0.39, 0.29) is 11.3 Å². The molecule has 0 aliphatic rings. The van der Waals surface area contributed by atoms with E-state index in [9.17, 15) is 4.79 Å². The highest BCUT2D eigenvalue weighted by Gasteiger charge is 2.25. The molecule has 3 heteroatoms. The summed E-state index contributed by atoms with van der Waals surface area (Å²) in [6, 6.07) is 0. The second kappa shape index (κ2) is 5.82. The van der Waals surface area contributed by atoms with Crippen LogP contribution in [-0.4, -0.2) is 16.9 Å². The molecule has 15 heavy (non-hydrogen) atoms. The van der Waals surface area contributed by atoms with Crippen LogP contribution in [0.4, 0.5) is 0 Å². The normalized spacial score (nSPS) is 15.9. The van der Waals surface area contributed by atoms with Crippen LogP contribution in [0.15, 0.2) is 12.2 Å². The van der Waals surface area contributed by atoms with Gasteiger partial charge < -0.3 is 4.74 Å². The third-order valence-electron chi connectivity index (χ3n) is 2.08.